The Hall–Kier alpha value is -0.280. The zero-order valence-electron chi connectivity index (χ0n) is 8.21. The van der Waals surface area contributed by atoms with Crippen molar-refractivity contribution in [3.8, 4) is 0 Å². The number of carbonyl (C=O) groups is 1. The van der Waals surface area contributed by atoms with Gasteiger partial charge < -0.3 is 10.0 Å². The van der Waals surface area contributed by atoms with E-state index in [2.05, 4.69) is 0 Å². The molecule has 0 aromatic rings. The minimum Gasteiger partial charge on any atom is -0.396 e. The first-order chi connectivity index (χ1) is 6.72. The summed E-state index contributed by atoms with van der Waals surface area (Å²) < 4.78 is 0. The molecule has 0 aromatic heterocycles. The van der Waals surface area contributed by atoms with E-state index in [9.17, 15) is 9.90 Å². The van der Waals surface area contributed by atoms with E-state index in [0.29, 0.717) is 12.5 Å². The summed E-state index contributed by atoms with van der Waals surface area (Å²) in [6.07, 6.45) is 3.39. The van der Waals surface area contributed by atoms with Crippen LogP contribution < -0.4 is 0 Å². The van der Waals surface area contributed by atoms with Crippen molar-refractivity contribution in [2.45, 2.75) is 19.3 Å². The average molecular weight is 218 g/mol. The Kier molecular flexibility index (Phi) is 2.71. The Balaban J connectivity index is 2.08. The molecule has 1 saturated carbocycles. The number of rotatable bonds is 2. The molecule has 0 radical (unpaired) electrons. The molecule has 3 nitrogen and oxygen atoms in total. The second-order valence-corrected chi connectivity index (χ2v) is 4.78. The highest BCUT2D eigenvalue weighted by Crippen LogP contribution is 2.48. The molecule has 0 unspecified atom stereocenters. The molecule has 2 fully saturated rings. The number of aliphatic hydroxyl groups excluding tert-OH is 1. The predicted octanol–water partition coefficient (Wildman–Crippen LogP) is 0.846. The smallest absolute Gasteiger partial charge is 0.237 e. The summed E-state index contributed by atoms with van der Waals surface area (Å²) in [6, 6.07) is 0. The lowest BCUT2D eigenvalue weighted by atomic mass is 9.82. The second-order valence-electron chi connectivity index (χ2n) is 4.52. The number of carbonyl (C=O) groups excluding carboxylic acids is 1. The molecular weight excluding hydrogens is 202 g/mol. The fourth-order valence-electron chi connectivity index (χ4n) is 2.95. The molecule has 1 heterocycles. The van der Waals surface area contributed by atoms with Crippen LogP contribution in [0.15, 0.2) is 0 Å². The average Bonchev–Trinajstić information content (AvgIpc) is 2.72. The van der Waals surface area contributed by atoms with Gasteiger partial charge in [-0.25, -0.2) is 0 Å². The first-order valence-corrected chi connectivity index (χ1v) is 5.70. The Labute approximate surface area is 89.0 Å². The van der Waals surface area contributed by atoms with Crippen molar-refractivity contribution >= 4 is 17.5 Å². The quantitative estimate of drug-likeness (QED) is 0.697. The summed E-state index contributed by atoms with van der Waals surface area (Å²) in [6.45, 7) is 1.72. The summed E-state index contributed by atoms with van der Waals surface area (Å²) in [5.41, 5.74) is 0.00171. The summed E-state index contributed by atoms with van der Waals surface area (Å²) >= 11 is 5.52. The van der Waals surface area contributed by atoms with E-state index < -0.39 is 0 Å². The van der Waals surface area contributed by atoms with Gasteiger partial charge in [-0.15, -0.1) is 11.6 Å². The van der Waals surface area contributed by atoms with Gasteiger partial charge in [0.15, 0.2) is 0 Å². The molecule has 14 heavy (non-hydrogen) atoms. The van der Waals surface area contributed by atoms with E-state index in [4.69, 9.17) is 11.6 Å². The molecular formula is C10H16ClNO2. The van der Waals surface area contributed by atoms with Crippen LogP contribution in [-0.2, 0) is 4.79 Å². The third-order valence-electron chi connectivity index (χ3n) is 3.82. The standard InChI is InChI=1S/C10H16ClNO2/c11-4-9(14)12-5-8-2-1-3-10(8,6-12)7-13/h8,13H,1-7H2/t8-,10+/m1/s1. The van der Waals surface area contributed by atoms with Gasteiger partial charge >= 0.3 is 0 Å². The molecule has 1 aliphatic heterocycles. The SMILES string of the molecule is O=C(CCl)N1C[C@H]2CCC[C@@]2(CO)C1. The predicted molar refractivity (Wildman–Crippen MR) is 54.2 cm³/mol. The Bertz CT molecular complexity index is 246. The summed E-state index contributed by atoms with van der Waals surface area (Å²) in [7, 11) is 0. The summed E-state index contributed by atoms with van der Waals surface area (Å²) in [4.78, 5) is 13.2. The maximum Gasteiger partial charge on any atom is 0.237 e. The van der Waals surface area contributed by atoms with E-state index >= 15 is 0 Å². The van der Waals surface area contributed by atoms with Crippen molar-refractivity contribution in [3.63, 3.8) is 0 Å². The van der Waals surface area contributed by atoms with Gasteiger partial charge in [0.1, 0.15) is 5.88 Å². The van der Waals surface area contributed by atoms with Gasteiger partial charge in [0.2, 0.25) is 5.91 Å². The fourth-order valence-corrected chi connectivity index (χ4v) is 3.12. The molecule has 1 amide bonds. The number of aliphatic hydroxyl groups is 1. The highest BCUT2D eigenvalue weighted by molar-refractivity contribution is 6.27. The topological polar surface area (TPSA) is 40.5 Å². The Morgan fingerprint density at radius 3 is 3.00 bits per heavy atom. The van der Waals surface area contributed by atoms with Crippen molar-refractivity contribution in [2.75, 3.05) is 25.6 Å². The number of amides is 1. The summed E-state index contributed by atoms with van der Waals surface area (Å²) in [5.74, 6) is 0.572. The number of fused-ring (bicyclic) bond motifs is 1. The largest absolute Gasteiger partial charge is 0.396 e. The first kappa shape index (κ1) is 10.2. The van der Waals surface area contributed by atoms with Gasteiger partial charge in [-0.05, 0) is 18.8 Å². The lowest BCUT2D eigenvalue weighted by Crippen LogP contribution is -2.34. The van der Waals surface area contributed by atoms with Crippen LogP contribution in [0.1, 0.15) is 19.3 Å². The van der Waals surface area contributed by atoms with Gasteiger partial charge in [-0.2, -0.15) is 0 Å². The lowest BCUT2D eigenvalue weighted by molar-refractivity contribution is -0.128. The monoisotopic (exact) mass is 217 g/mol. The van der Waals surface area contributed by atoms with E-state index in [1.54, 1.807) is 0 Å². The van der Waals surface area contributed by atoms with Crippen molar-refractivity contribution in [2.24, 2.45) is 11.3 Å². The lowest BCUT2D eigenvalue weighted by Gasteiger charge is -2.25. The molecule has 1 aliphatic carbocycles. The number of halogens is 1. The number of hydrogen-bond donors (Lipinski definition) is 1. The molecule has 2 rings (SSSR count). The number of likely N-dealkylation sites (tertiary alicyclic amines) is 1. The highest BCUT2D eigenvalue weighted by atomic mass is 35.5. The van der Waals surface area contributed by atoms with Gasteiger partial charge in [-0.3, -0.25) is 4.79 Å². The zero-order valence-corrected chi connectivity index (χ0v) is 8.96. The first-order valence-electron chi connectivity index (χ1n) is 5.16. The fraction of sp³-hybridized carbons (Fsp3) is 0.900. The molecule has 4 heteroatoms. The van der Waals surface area contributed by atoms with Crippen molar-refractivity contribution < 1.29 is 9.90 Å². The maximum atomic E-state index is 11.4. The Morgan fingerprint density at radius 2 is 2.43 bits per heavy atom. The summed E-state index contributed by atoms with van der Waals surface area (Å²) in [5, 5.41) is 9.43. The van der Waals surface area contributed by atoms with Crippen molar-refractivity contribution in [1.29, 1.82) is 0 Å². The molecule has 80 valence electrons. The van der Waals surface area contributed by atoms with Crippen LogP contribution in [0.5, 0.6) is 0 Å². The van der Waals surface area contributed by atoms with Gasteiger partial charge in [-0.1, -0.05) is 6.42 Å². The van der Waals surface area contributed by atoms with Gasteiger partial charge in [0.25, 0.3) is 0 Å². The third-order valence-corrected chi connectivity index (χ3v) is 4.05. The maximum absolute atomic E-state index is 11.4. The number of hydrogen-bond acceptors (Lipinski definition) is 2. The van der Waals surface area contributed by atoms with Crippen LogP contribution >= 0.6 is 11.6 Å². The van der Waals surface area contributed by atoms with Crippen LogP contribution in [0.3, 0.4) is 0 Å². The molecule has 0 aromatic carbocycles. The van der Waals surface area contributed by atoms with Crippen LogP contribution in [0, 0.1) is 11.3 Å². The molecule has 1 saturated heterocycles. The molecule has 1 N–H and O–H groups in total. The minimum atomic E-state index is 0.00171. The third kappa shape index (κ3) is 1.43. The van der Waals surface area contributed by atoms with Crippen LogP contribution in [0.25, 0.3) is 0 Å². The zero-order chi connectivity index (χ0) is 10.2. The van der Waals surface area contributed by atoms with Crippen LogP contribution in [0.4, 0.5) is 0 Å². The van der Waals surface area contributed by atoms with Crippen molar-refractivity contribution in [3.05, 3.63) is 0 Å². The van der Waals surface area contributed by atoms with E-state index in [1.807, 2.05) is 4.90 Å². The normalized spacial score (nSPS) is 36.1. The molecule has 2 atom stereocenters. The number of nitrogens with zero attached hydrogens (tertiary/aromatic N) is 1. The van der Waals surface area contributed by atoms with Gasteiger partial charge in [0.05, 0.1) is 6.61 Å². The highest BCUT2D eigenvalue weighted by Gasteiger charge is 2.49. The van der Waals surface area contributed by atoms with Crippen molar-refractivity contribution in [1.82, 2.24) is 4.90 Å². The minimum absolute atomic E-state index is 0.00171. The number of alkyl halides is 1. The Morgan fingerprint density at radius 1 is 1.64 bits per heavy atom. The van der Waals surface area contributed by atoms with Gasteiger partial charge in [0, 0.05) is 18.5 Å². The van der Waals surface area contributed by atoms with Crippen LogP contribution in [-0.4, -0.2) is 41.5 Å². The molecule has 2 aliphatic rings. The molecule has 0 bridgehead atoms. The van der Waals surface area contributed by atoms with Crippen LogP contribution in [0.2, 0.25) is 0 Å². The second kappa shape index (κ2) is 3.70. The molecule has 0 spiro atoms. The van der Waals surface area contributed by atoms with E-state index in [1.165, 1.54) is 6.42 Å². The van der Waals surface area contributed by atoms with E-state index in [-0.39, 0.29) is 23.8 Å². The van der Waals surface area contributed by atoms with E-state index in [0.717, 1.165) is 19.4 Å².